The van der Waals surface area contributed by atoms with E-state index in [4.69, 9.17) is 24.2 Å². The van der Waals surface area contributed by atoms with Crippen LogP contribution in [-0.4, -0.2) is 52.4 Å². The summed E-state index contributed by atoms with van der Waals surface area (Å²) in [6.45, 7) is 3.70. The highest BCUT2D eigenvalue weighted by molar-refractivity contribution is 7.99. The summed E-state index contributed by atoms with van der Waals surface area (Å²) in [6.07, 6.45) is -1.29. The Labute approximate surface area is 195 Å². The Kier molecular flexibility index (Phi) is 7.90. The number of benzene rings is 1. The zero-order valence-electron chi connectivity index (χ0n) is 18.2. The maximum atomic E-state index is 11.8. The molecule has 0 bridgehead atoms. The van der Waals surface area contributed by atoms with Gasteiger partial charge in [-0.15, -0.1) is 11.8 Å². The summed E-state index contributed by atoms with van der Waals surface area (Å²) in [4.78, 5) is 39.5. The van der Waals surface area contributed by atoms with Crippen LogP contribution in [0, 0.1) is 11.3 Å². The third kappa shape index (κ3) is 6.23. The Morgan fingerprint density at radius 3 is 2.21 bits per heavy atom. The van der Waals surface area contributed by atoms with Gasteiger partial charge in [-0.05, 0) is 24.3 Å². The molecule has 2 heterocycles. The minimum Gasteiger partial charge on any atom is -0.473 e. The van der Waals surface area contributed by atoms with Gasteiger partial charge in [0.15, 0.2) is 23.7 Å². The Morgan fingerprint density at radius 2 is 1.61 bits per heavy atom. The second kappa shape index (κ2) is 10.8. The normalized spacial score (nSPS) is 21.9. The Hall–Kier alpha value is -3.58. The summed E-state index contributed by atoms with van der Waals surface area (Å²) in [5, 5.41) is 9.03. The second-order valence-electron chi connectivity index (χ2n) is 7.15. The number of rotatable bonds is 6. The number of ether oxygens (including phenoxy) is 4. The van der Waals surface area contributed by atoms with Crippen molar-refractivity contribution in [2.24, 2.45) is 0 Å². The number of pyridine rings is 1. The van der Waals surface area contributed by atoms with Crippen LogP contribution >= 0.6 is 11.8 Å². The van der Waals surface area contributed by atoms with Crippen molar-refractivity contribution in [1.82, 2.24) is 4.98 Å². The fraction of sp³-hybridized carbons (Fsp3) is 0.348. The Balaban J connectivity index is 1.93. The molecule has 1 saturated heterocycles. The van der Waals surface area contributed by atoms with Gasteiger partial charge in [-0.25, -0.2) is 0 Å². The van der Waals surface area contributed by atoms with Crippen molar-refractivity contribution in [3.63, 3.8) is 0 Å². The van der Waals surface area contributed by atoms with Crippen LogP contribution in [0.5, 0.6) is 5.75 Å². The number of hydrogen-bond donors (Lipinski definition) is 0. The molecule has 10 heteroatoms. The standard InChI is InChI=1S/C23H22N2O7S/c1-13(26)29-19-12-33-23(22(31-15(3)28)21(19)30-14(2)27)32-18-5-4-10-25-20(18)17-8-6-16(11-24)7-9-17/h4-10,19,21-23H,12H2,1-3H3/t19-,21+,22-,23-/m1/s1. The number of esters is 3. The average Bonchev–Trinajstić information content (AvgIpc) is 2.77. The molecule has 33 heavy (non-hydrogen) atoms. The van der Waals surface area contributed by atoms with Gasteiger partial charge in [0.05, 0.1) is 11.6 Å². The summed E-state index contributed by atoms with van der Waals surface area (Å²) in [6, 6.07) is 12.3. The van der Waals surface area contributed by atoms with E-state index in [1.54, 1.807) is 42.6 Å². The first-order valence-corrected chi connectivity index (χ1v) is 11.1. The zero-order valence-corrected chi connectivity index (χ0v) is 19.0. The molecule has 172 valence electrons. The van der Waals surface area contributed by atoms with Gasteiger partial charge in [0, 0.05) is 38.3 Å². The highest BCUT2D eigenvalue weighted by atomic mass is 32.2. The summed E-state index contributed by atoms with van der Waals surface area (Å²) < 4.78 is 22.4. The van der Waals surface area contributed by atoms with Crippen LogP contribution in [0.3, 0.4) is 0 Å². The van der Waals surface area contributed by atoms with E-state index in [9.17, 15) is 14.4 Å². The van der Waals surface area contributed by atoms with E-state index in [0.29, 0.717) is 17.0 Å². The van der Waals surface area contributed by atoms with Crippen LogP contribution in [0.1, 0.15) is 26.3 Å². The molecule has 0 amide bonds. The van der Waals surface area contributed by atoms with Gasteiger partial charge in [0.1, 0.15) is 11.4 Å². The highest BCUT2D eigenvalue weighted by Gasteiger charge is 2.47. The van der Waals surface area contributed by atoms with Gasteiger partial charge in [0.2, 0.25) is 0 Å². The number of thioether (sulfide) groups is 1. The van der Waals surface area contributed by atoms with Crippen LogP contribution in [-0.2, 0) is 28.6 Å². The monoisotopic (exact) mass is 470 g/mol. The van der Waals surface area contributed by atoms with Crippen molar-refractivity contribution < 1.29 is 33.3 Å². The van der Waals surface area contributed by atoms with Gasteiger partial charge in [-0.3, -0.25) is 19.4 Å². The maximum Gasteiger partial charge on any atom is 0.303 e. The van der Waals surface area contributed by atoms with E-state index in [-0.39, 0.29) is 5.75 Å². The Bertz CT molecular complexity index is 1070. The molecular weight excluding hydrogens is 448 g/mol. The molecule has 1 aromatic carbocycles. The molecular formula is C23H22N2O7S. The lowest BCUT2D eigenvalue weighted by Crippen LogP contribution is -2.55. The number of aromatic nitrogens is 1. The fourth-order valence-electron chi connectivity index (χ4n) is 3.34. The molecule has 9 nitrogen and oxygen atoms in total. The van der Waals surface area contributed by atoms with E-state index in [1.807, 2.05) is 0 Å². The molecule has 2 aromatic rings. The topological polar surface area (TPSA) is 125 Å². The molecule has 3 rings (SSSR count). The van der Waals surface area contributed by atoms with Crippen molar-refractivity contribution >= 4 is 29.7 Å². The number of nitrogens with zero attached hydrogens (tertiary/aromatic N) is 2. The predicted octanol–water partition coefficient (Wildman–Crippen LogP) is 2.87. The summed E-state index contributed by atoms with van der Waals surface area (Å²) in [5.74, 6) is -1.10. The minimum atomic E-state index is -1.04. The van der Waals surface area contributed by atoms with Crippen molar-refractivity contribution in [2.45, 2.75) is 44.5 Å². The quantitative estimate of drug-likeness (QED) is 0.459. The first-order valence-electron chi connectivity index (χ1n) is 10.0. The lowest BCUT2D eigenvalue weighted by Gasteiger charge is -2.40. The molecule has 0 unspecified atom stereocenters. The first-order chi connectivity index (χ1) is 15.8. The Morgan fingerprint density at radius 1 is 0.970 bits per heavy atom. The van der Waals surface area contributed by atoms with Gasteiger partial charge in [0.25, 0.3) is 0 Å². The molecule has 0 radical (unpaired) electrons. The molecule has 1 aromatic heterocycles. The third-order valence-electron chi connectivity index (χ3n) is 4.61. The summed E-state index contributed by atoms with van der Waals surface area (Å²) >= 11 is 1.26. The van der Waals surface area contributed by atoms with E-state index in [2.05, 4.69) is 11.1 Å². The number of hydrogen-bond acceptors (Lipinski definition) is 10. The SMILES string of the molecule is CC(=O)O[C@@H]1[C@@H](OC(C)=O)[C@H](OC(C)=O)CS[C@H]1Oc1cccnc1-c1ccc(C#N)cc1. The molecule has 0 spiro atoms. The summed E-state index contributed by atoms with van der Waals surface area (Å²) in [7, 11) is 0. The highest BCUT2D eigenvalue weighted by Crippen LogP contribution is 2.37. The average molecular weight is 471 g/mol. The molecule has 0 aliphatic carbocycles. The zero-order chi connectivity index (χ0) is 24.0. The van der Waals surface area contributed by atoms with Crippen LogP contribution in [0.25, 0.3) is 11.3 Å². The van der Waals surface area contributed by atoms with Crippen molar-refractivity contribution in [3.8, 4) is 23.1 Å². The molecule has 1 aliphatic rings. The van der Waals surface area contributed by atoms with Crippen molar-refractivity contribution in [1.29, 1.82) is 5.26 Å². The summed E-state index contributed by atoms with van der Waals surface area (Å²) in [5.41, 5.74) is 0.987. The lowest BCUT2D eigenvalue weighted by molar-refractivity contribution is -0.186. The maximum absolute atomic E-state index is 11.8. The predicted molar refractivity (Wildman–Crippen MR) is 118 cm³/mol. The lowest BCUT2D eigenvalue weighted by atomic mass is 10.1. The van der Waals surface area contributed by atoms with E-state index in [1.165, 1.54) is 32.5 Å². The minimum absolute atomic E-state index is 0.256. The van der Waals surface area contributed by atoms with Crippen LogP contribution < -0.4 is 4.74 Å². The first kappa shape index (κ1) is 24.1. The van der Waals surface area contributed by atoms with E-state index in [0.717, 1.165) is 5.56 Å². The van der Waals surface area contributed by atoms with Crippen molar-refractivity contribution in [3.05, 3.63) is 48.2 Å². The molecule has 0 saturated carbocycles. The van der Waals surface area contributed by atoms with Crippen LogP contribution in [0.2, 0.25) is 0 Å². The van der Waals surface area contributed by atoms with E-state index >= 15 is 0 Å². The van der Waals surface area contributed by atoms with Crippen molar-refractivity contribution in [2.75, 3.05) is 5.75 Å². The van der Waals surface area contributed by atoms with Gasteiger partial charge in [-0.1, -0.05) is 12.1 Å². The van der Waals surface area contributed by atoms with Crippen LogP contribution in [0.4, 0.5) is 0 Å². The van der Waals surface area contributed by atoms with Gasteiger partial charge >= 0.3 is 17.9 Å². The van der Waals surface area contributed by atoms with Crippen LogP contribution in [0.15, 0.2) is 42.6 Å². The van der Waals surface area contributed by atoms with E-state index < -0.39 is 41.7 Å². The molecule has 0 N–H and O–H groups in total. The molecule has 1 fully saturated rings. The second-order valence-corrected chi connectivity index (χ2v) is 8.29. The van der Waals surface area contributed by atoms with Gasteiger partial charge < -0.3 is 18.9 Å². The van der Waals surface area contributed by atoms with Gasteiger partial charge in [-0.2, -0.15) is 5.26 Å². The molecule has 1 aliphatic heterocycles. The number of nitriles is 1. The fourth-order valence-corrected chi connectivity index (χ4v) is 4.55. The third-order valence-corrected chi connectivity index (χ3v) is 5.82. The smallest absolute Gasteiger partial charge is 0.303 e. The largest absolute Gasteiger partial charge is 0.473 e. The molecule has 4 atom stereocenters. The number of carbonyl (C=O) groups is 3. The number of carbonyl (C=O) groups excluding carboxylic acids is 3.